The molecule has 1 unspecified atom stereocenters. The van der Waals surface area contributed by atoms with Gasteiger partial charge in [-0.15, -0.1) is 0 Å². The van der Waals surface area contributed by atoms with Gasteiger partial charge in [0, 0.05) is 24.7 Å². The highest BCUT2D eigenvalue weighted by molar-refractivity contribution is 5.24. The molecular formula is C18H23FN2. The standard InChI is InChI=1S/C18H23FN2/c1-14-8-10-15(11-9-14)18(20-2)13-21(3)12-16-6-4-5-7-17(16)19/h4-11,18,20H,12-13H2,1-3H3. The SMILES string of the molecule is CNC(CN(C)Cc1ccccc1F)c1ccc(C)cc1. The van der Waals surface area contributed by atoms with Gasteiger partial charge in [-0.05, 0) is 32.6 Å². The summed E-state index contributed by atoms with van der Waals surface area (Å²) >= 11 is 0. The highest BCUT2D eigenvalue weighted by Crippen LogP contribution is 2.16. The maximum atomic E-state index is 13.7. The van der Waals surface area contributed by atoms with Crippen LogP contribution >= 0.6 is 0 Å². The maximum absolute atomic E-state index is 13.7. The van der Waals surface area contributed by atoms with E-state index in [0.717, 1.165) is 12.1 Å². The molecule has 0 heterocycles. The van der Waals surface area contributed by atoms with Gasteiger partial charge >= 0.3 is 0 Å². The van der Waals surface area contributed by atoms with E-state index in [9.17, 15) is 4.39 Å². The van der Waals surface area contributed by atoms with Crippen molar-refractivity contribution in [2.75, 3.05) is 20.6 Å². The molecule has 2 rings (SSSR count). The minimum atomic E-state index is -0.138. The number of rotatable bonds is 6. The number of nitrogens with one attached hydrogen (secondary N) is 1. The molecule has 0 saturated carbocycles. The summed E-state index contributed by atoms with van der Waals surface area (Å²) in [6.45, 7) is 3.52. The van der Waals surface area contributed by atoms with Gasteiger partial charge in [0.25, 0.3) is 0 Å². The summed E-state index contributed by atoms with van der Waals surface area (Å²) in [7, 11) is 3.98. The van der Waals surface area contributed by atoms with Crippen LogP contribution in [0.25, 0.3) is 0 Å². The molecule has 1 N–H and O–H groups in total. The molecule has 2 aromatic carbocycles. The Labute approximate surface area is 126 Å². The first-order valence-corrected chi connectivity index (χ1v) is 7.26. The van der Waals surface area contributed by atoms with Crippen molar-refractivity contribution < 1.29 is 4.39 Å². The van der Waals surface area contributed by atoms with Crippen molar-refractivity contribution in [3.05, 3.63) is 71.0 Å². The number of likely N-dealkylation sites (N-methyl/N-ethyl adjacent to an activating group) is 2. The third-order valence-corrected chi connectivity index (χ3v) is 3.72. The van der Waals surface area contributed by atoms with E-state index >= 15 is 0 Å². The molecule has 3 heteroatoms. The van der Waals surface area contributed by atoms with E-state index in [1.807, 2.05) is 26.2 Å². The summed E-state index contributed by atoms with van der Waals surface area (Å²) in [6, 6.07) is 15.7. The summed E-state index contributed by atoms with van der Waals surface area (Å²) in [5.41, 5.74) is 3.25. The third-order valence-electron chi connectivity index (χ3n) is 3.72. The molecule has 0 aliphatic heterocycles. The summed E-state index contributed by atoms with van der Waals surface area (Å²) in [5.74, 6) is -0.138. The van der Waals surface area contributed by atoms with Crippen LogP contribution in [0.15, 0.2) is 48.5 Å². The molecule has 0 fully saturated rings. The van der Waals surface area contributed by atoms with E-state index in [1.54, 1.807) is 6.07 Å². The van der Waals surface area contributed by atoms with Gasteiger partial charge in [0.2, 0.25) is 0 Å². The fourth-order valence-corrected chi connectivity index (χ4v) is 2.46. The smallest absolute Gasteiger partial charge is 0.127 e. The normalized spacial score (nSPS) is 12.6. The average Bonchev–Trinajstić information content (AvgIpc) is 2.48. The molecule has 0 saturated heterocycles. The molecule has 21 heavy (non-hydrogen) atoms. The fourth-order valence-electron chi connectivity index (χ4n) is 2.46. The number of hydrogen-bond donors (Lipinski definition) is 1. The lowest BCUT2D eigenvalue weighted by Crippen LogP contribution is -2.31. The second-order valence-electron chi connectivity index (χ2n) is 5.54. The van der Waals surface area contributed by atoms with Crippen LogP contribution in [0.2, 0.25) is 0 Å². The van der Waals surface area contributed by atoms with Gasteiger partial charge in [0.05, 0.1) is 0 Å². The van der Waals surface area contributed by atoms with Gasteiger partial charge in [0.1, 0.15) is 5.82 Å². The van der Waals surface area contributed by atoms with E-state index in [-0.39, 0.29) is 11.9 Å². The second kappa shape index (κ2) is 7.34. The number of nitrogens with zero attached hydrogens (tertiary/aromatic N) is 1. The zero-order chi connectivity index (χ0) is 15.2. The molecule has 0 bridgehead atoms. The zero-order valence-electron chi connectivity index (χ0n) is 12.9. The van der Waals surface area contributed by atoms with Gasteiger partial charge in [-0.2, -0.15) is 0 Å². The number of aryl methyl sites for hydroxylation is 1. The van der Waals surface area contributed by atoms with Crippen molar-refractivity contribution >= 4 is 0 Å². The first-order chi connectivity index (χ1) is 10.1. The topological polar surface area (TPSA) is 15.3 Å². The van der Waals surface area contributed by atoms with Crippen LogP contribution in [-0.2, 0) is 6.54 Å². The minimum Gasteiger partial charge on any atom is -0.312 e. The van der Waals surface area contributed by atoms with Crippen LogP contribution < -0.4 is 5.32 Å². The molecule has 0 aliphatic rings. The average molecular weight is 286 g/mol. The van der Waals surface area contributed by atoms with Gasteiger partial charge < -0.3 is 10.2 Å². The monoisotopic (exact) mass is 286 g/mol. The Bertz CT molecular complexity index is 566. The van der Waals surface area contributed by atoms with Crippen LogP contribution in [0.5, 0.6) is 0 Å². The van der Waals surface area contributed by atoms with Crippen LogP contribution in [-0.4, -0.2) is 25.5 Å². The fraction of sp³-hybridized carbons (Fsp3) is 0.333. The Morgan fingerprint density at radius 3 is 2.38 bits per heavy atom. The Balaban J connectivity index is 2.01. The quantitative estimate of drug-likeness (QED) is 0.874. The van der Waals surface area contributed by atoms with E-state index in [4.69, 9.17) is 0 Å². The predicted octanol–water partition coefficient (Wildman–Crippen LogP) is 3.53. The van der Waals surface area contributed by atoms with Crippen LogP contribution in [0.4, 0.5) is 4.39 Å². The van der Waals surface area contributed by atoms with Crippen LogP contribution in [0, 0.1) is 12.7 Å². The Hall–Kier alpha value is -1.71. The van der Waals surface area contributed by atoms with E-state index in [2.05, 4.69) is 41.4 Å². The van der Waals surface area contributed by atoms with Crippen molar-refractivity contribution in [2.24, 2.45) is 0 Å². The minimum absolute atomic E-state index is 0.138. The Morgan fingerprint density at radius 1 is 1.10 bits per heavy atom. The van der Waals surface area contributed by atoms with E-state index in [0.29, 0.717) is 6.54 Å². The van der Waals surface area contributed by atoms with Crippen molar-refractivity contribution in [2.45, 2.75) is 19.5 Å². The summed E-state index contributed by atoms with van der Waals surface area (Å²) in [5, 5.41) is 3.33. The Kier molecular flexibility index (Phi) is 5.48. The van der Waals surface area contributed by atoms with Crippen LogP contribution in [0.3, 0.4) is 0 Å². The number of hydrogen-bond acceptors (Lipinski definition) is 2. The molecule has 1 atom stereocenters. The lowest BCUT2D eigenvalue weighted by atomic mass is 10.0. The lowest BCUT2D eigenvalue weighted by Gasteiger charge is -2.24. The molecular weight excluding hydrogens is 263 g/mol. The highest BCUT2D eigenvalue weighted by Gasteiger charge is 2.13. The first-order valence-electron chi connectivity index (χ1n) is 7.26. The molecule has 0 aliphatic carbocycles. The molecule has 2 aromatic rings. The second-order valence-corrected chi connectivity index (χ2v) is 5.54. The molecule has 0 radical (unpaired) electrons. The van der Waals surface area contributed by atoms with Crippen LogP contribution in [0.1, 0.15) is 22.7 Å². The molecule has 2 nitrogen and oxygen atoms in total. The van der Waals surface area contributed by atoms with Crippen molar-refractivity contribution in [1.29, 1.82) is 0 Å². The van der Waals surface area contributed by atoms with Gasteiger partial charge in [-0.1, -0.05) is 48.0 Å². The van der Waals surface area contributed by atoms with Gasteiger partial charge in [-0.3, -0.25) is 0 Å². The first kappa shape index (κ1) is 15.7. The molecule has 112 valence electrons. The summed E-state index contributed by atoms with van der Waals surface area (Å²) in [6.07, 6.45) is 0. The summed E-state index contributed by atoms with van der Waals surface area (Å²) in [4.78, 5) is 2.14. The third kappa shape index (κ3) is 4.38. The zero-order valence-corrected chi connectivity index (χ0v) is 12.9. The lowest BCUT2D eigenvalue weighted by molar-refractivity contribution is 0.286. The molecule has 0 spiro atoms. The molecule has 0 amide bonds. The summed E-state index contributed by atoms with van der Waals surface area (Å²) < 4.78 is 13.7. The number of benzene rings is 2. The maximum Gasteiger partial charge on any atom is 0.127 e. The largest absolute Gasteiger partial charge is 0.312 e. The predicted molar refractivity (Wildman–Crippen MR) is 85.7 cm³/mol. The van der Waals surface area contributed by atoms with Gasteiger partial charge in [0.15, 0.2) is 0 Å². The van der Waals surface area contributed by atoms with E-state index in [1.165, 1.54) is 17.2 Å². The van der Waals surface area contributed by atoms with Gasteiger partial charge in [-0.25, -0.2) is 4.39 Å². The van der Waals surface area contributed by atoms with E-state index < -0.39 is 0 Å². The van der Waals surface area contributed by atoms with Crippen molar-refractivity contribution in [1.82, 2.24) is 10.2 Å². The Morgan fingerprint density at radius 2 is 1.76 bits per heavy atom. The van der Waals surface area contributed by atoms with Crippen molar-refractivity contribution in [3.8, 4) is 0 Å². The molecule has 0 aromatic heterocycles. The number of halogens is 1. The highest BCUT2D eigenvalue weighted by atomic mass is 19.1. The van der Waals surface area contributed by atoms with Crippen molar-refractivity contribution in [3.63, 3.8) is 0 Å².